The zero-order valence-corrected chi connectivity index (χ0v) is 6.99. The van der Waals surface area contributed by atoms with Crippen molar-refractivity contribution in [3.8, 4) is 0 Å². The molecule has 0 aromatic heterocycles. The fourth-order valence-corrected chi connectivity index (χ4v) is 1.44. The average Bonchev–Trinajstić information content (AvgIpc) is 2.02. The van der Waals surface area contributed by atoms with Crippen molar-refractivity contribution in [2.75, 3.05) is 6.54 Å². The van der Waals surface area contributed by atoms with Gasteiger partial charge in [0.15, 0.2) is 0 Å². The second-order valence-corrected chi connectivity index (χ2v) is 3.04. The normalized spacial score (nSPS) is 20.8. The SMILES string of the molecule is O=[N+]([O-])c1c[c]ccc1C1CCN1. The molecule has 1 saturated heterocycles. The fraction of sp³-hybridized carbons (Fsp3) is 0.333. The molecule has 1 unspecified atom stereocenters. The highest BCUT2D eigenvalue weighted by molar-refractivity contribution is 5.42. The maximum atomic E-state index is 10.6. The van der Waals surface area contributed by atoms with Crippen molar-refractivity contribution in [2.24, 2.45) is 0 Å². The summed E-state index contributed by atoms with van der Waals surface area (Å²) in [7, 11) is 0. The molecule has 0 bridgehead atoms. The van der Waals surface area contributed by atoms with Gasteiger partial charge in [-0.1, -0.05) is 6.07 Å². The molecule has 1 atom stereocenters. The van der Waals surface area contributed by atoms with E-state index in [-0.39, 0.29) is 16.7 Å². The van der Waals surface area contributed by atoms with Crippen molar-refractivity contribution < 1.29 is 4.92 Å². The summed E-state index contributed by atoms with van der Waals surface area (Å²) >= 11 is 0. The van der Waals surface area contributed by atoms with E-state index in [1.165, 1.54) is 6.07 Å². The van der Waals surface area contributed by atoms with Gasteiger partial charge in [0.05, 0.1) is 4.92 Å². The summed E-state index contributed by atoms with van der Waals surface area (Å²) in [6.07, 6.45) is 0.977. The van der Waals surface area contributed by atoms with Crippen LogP contribution in [0.4, 0.5) is 5.69 Å². The lowest BCUT2D eigenvalue weighted by Crippen LogP contribution is -2.35. The van der Waals surface area contributed by atoms with Crippen LogP contribution < -0.4 is 5.32 Å². The third-order valence-corrected chi connectivity index (χ3v) is 2.27. The summed E-state index contributed by atoms with van der Waals surface area (Å²) in [6, 6.07) is 7.77. The van der Waals surface area contributed by atoms with Crippen molar-refractivity contribution in [2.45, 2.75) is 12.5 Å². The molecule has 4 nitrogen and oxygen atoms in total. The van der Waals surface area contributed by atoms with Crippen molar-refractivity contribution in [1.29, 1.82) is 0 Å². The molecule has 1 aliphatic heterocycles. The van der Waals surface area contributed by atoms with Crippen molar-refractivity contribution in [3.05, 3.63) is 39.9 Å². The van der Waals surface area contributed by atoms with Crippen molar-refractivity contribution >= 4 is 5.69 Å². The van der Waals surface area contributed by atoms with Gasteiger partial charge in [-0.15, -0.1) is 0 Å². The smallest absolute Gasteiger partial charge is 0.274 e. The molecule has 1 aromatic rings. The Bertz CT molecular complexity index is 334. The summed E-state index contributed by atoms with van der Waals surface area (Å²) in [5, 5.41) is 13.8. The maximum absolute atomic E-state index is 10.6. The lowest BCUT2D eigenvalue weighted by Gasteiger charge is -2.27. The van der Waals surface area contributed by atoms with Gasteiger partial charge in [0.2, 0.25) is 0 Å². The minimum absolute atomic E-state index is 0.162. The summed E-state index contributed by atoms with van der Waals surface area (Å²) in [5.41, 5.74) is 0.940. The molecule has 0 amide bonds. The van der Waals surface area contributed by atoms with Crippen LogP contribution >= 0.6 is 0 Å². The molecular weight excluding hydrogens is 168 g/mol. The molecule has 67 valence electrons. The first kappa shape index (κ1) is 8.19. The number of rotatable bonds is 2. The first-order valence-corrected chi connectivity index (χ1v) is 4.17. The molecule has 1 N–H and O–H groups in total. The second kappa shape index (κ2) is 3.14. The monoisotopic (exact) mass is 177 g/mol. The minimum atomic E-state index is -0.355. The summed E-state index contributed by atoms with van der Waals surface area (Å²) < 4.78 is 0. The van der Waals surface area contributed by atoms with Crippen LogP contribution in [0.3, 0.4) is 0 Å². The first-order valence-electron chi connectivity index (χ1n) is 4.17. The first-order chi connectivity index (χ1) is 6.29. The Kier molecular flexibility index (Phi) is 1.98. The Morgan fingerprint density at radius 2 is 2.46 bits per heavy atom. The maximum Gasteiger partial charge on any atom is 0.274 e. The molecular formula is C9H9N2O2. The van der Waals surface area contributed by atoms with Crippen LogP contribution in [0.2, 0.25) is 0 Å². The molecule has 4 heteroatoms. The third kappa shape index (κ3) is 1.40. The van der Waals surface area contributed by atoms with Gasteiger partial charge in [0.25, 0.3) is 5.69 Å². The van der Waals surface area contributed by atoms with Crippen LogP contribution in [-0.2, 0) is 0 Å². The quantitative estimate of drug-likeness (QED) is 0.549. The largest absolute Gasteiger partial charge is 0.310 e. The molecule has 0 saturated carbocycles. The Morgan fingerprint density at radius 3 is 3.00 bits per heavy atom. The predicted molar refractivity (Wildman–Crippen MR) is 47.3 cm³/mol. The van der Waals surface area contributed by atoms with E-state index in [0.29, 0.717) is 0 Å². The molecule has 2 rings (SSSR count). The number of nitrogens with one attached hydrogen (secondary N) is 1. The second-order valence-electron chi connectivity index (χ2n) is 3.04. The Balaban J connectivity index is 2.36. The van der Waals surface area contributed by atoms with E-state index in [0.717, 1.165) is 18.5 Å². The van der Waals surface area contributed by atoms with Crippen molar-refractivity contribution in [1.82, 2.24) is 5.32 Å². The highest BCUT2D eigenvalue weighted by Crippen LogP contribution is 2.29. The lowest BCUT2D eigenvalue weighted by molar-refractivity contribution is -0.385. The number of hydrogen-bond donors (Lipinski definition) is 1. The molecule has 1 heterocycles. The van der Waals surface area contributed by atoms with Gasteiger partial charge in [0.1, 0.15) is 0 Å². The van der Waals surface area contributed by atoms with E-state index in [2.05, 4.69) is 11.4 Å². The molecule has 1 radical (unpaired) electrons. The van der Waals surface area contributed by atoms with Crippen molar-refractivity contribution in [3.63, 3.8) is 0 Å². The topological polar surface area (TPSA) is 55.2 Å². The van der Waals surface area contributed by atoms with Crippen LogP contribution in [0.5, 0.6) is 0 Å². The number of hydrogen-bond acceptors (Lipinski definition) is 3. The van der Waals surface area contributed by atoms with E-state index in [1.807, 2.05) is 0 Å². The third-order valence-electron chi connectivity index (χ3n) is 2.27. The van der Waals surface area contributed by atoms with E-state index < -0.39 is 0 Å². The van der Waals surface area contributed by atoms with E-state index in [1.54, 1.807) is 12.1 Å². The Hall–Kier alpha value is -1.42. The average molecular weight is 177 g/mol. The summed E-state index contributed by atoms with van der Waals surface area (Å²) in [4.78, 5) is 10.3. The van der Waals surface area contributed by atoms with Crippen LogP contribution in [0.15, 0.2) is 18.2 Å². The minimum Gasteiger partial charge on any atom is -0.310 e. The van der Waals surface area contributed by atoms with E-state index >= 15 is 0 Å². The summed E-state index contributed by atoms with van der Waals surface area (Å²) in [6.45, 7) is 0.945. The lowest BCUT2D eigenvalue weighted by atomic mass is 9.97. The Morgan fingerprint density at radius 1 is 1.69 bits per heavy atom. The standard InChI is InChI=1S/C9H9N2O2/c12-11(13)9-4-2-1-3-7(9)8-5-6-10-8/h1,3-4,8,10H,5-6H2. The number of nitro groups is 1. The van der Waals surface area contributed by atoms with Crippen LogP contribution in [0, 0.1) is 16.2 Å². The van der Waals surface area contributed by atoms with Gasteiger partial charge in [-0.2, -0.15) is 0 Å². The molecule has 0 spiro atoms. The van der Waals surface area contributed by atoms with Gasteiger partial charge in [-0.3, -0.25) is 10.1 Å². The highest BCUT2D eigenvalue weighted by Gasteiger charge is 2.25. The van der Waals surface area contributed by atoms with Crippen LogP contribution in [-0.4, -0.2) is 11.5 Å². The molecule has 13 heavy (non-hydrogen) atoms. The predicted octanol–water partition coefficient (Wildman–Crippen LogP) is 1.43. The molecule has 0 aliphatic carbocycles. The van der Waals surface area contributed by atoms with Crippen LogP contribution in [0.1, 0.15) is 18.0 Å². The zero-order chi connectivity index (χ0) is 9.26. The number of benzene rings is 1. The van der Waals surface area contributed by atoms with E-state index in [9.17, 15) is 10.1 Å². The zero-order valence-electron chi connectivity index (χ0n) is 6.99. The molecule has 1 aliphatic rings. The number of nitrogens with zero attached hydrogens (tertiary/aromatic N) is 1. The molecule has 1 aromatic carbocycles. The molecule has 1 fully saturated rings. The highest BCUT2D eigenvalue weighted by atomic mass is 16.6. The Labute approximate surface area is 75.7 Å². The van der Waals surface area contributed by atoms with Gasteiger partial charge < -0.3 is 5.32 Å². The van der Waals surface area contributed by atoms with Gasteiger partial charge >= 0.3 is 0 Å². The number of nitro benzene ring substituents is 1. The fourth-order valence-electron chi connectivity index (χ4n) is 1.44. The summed E-state index contributed by atoms with van der Waals surface area (Å²) in [5.74, 6) is 0. The van der Waals surface area contributed by atoms with E-state index in [4.69, 9.17) is 0 Å². The van der Waals surface area contributed by atoms with Crippen LogP contribution in [0.25, 0.3) is 0 Å². The van der Waals surface area contributed by atoms with Gasteiger partial charge in [0, 0.05) is 17.7 Å². The van der Waals surface area contributed by atoms with Gasteiger partial charge in [-0.05, 0) is 25.1 Å². The van der Waals surface area contributed by atoms with Gasteiger partial charge in [-0.25, -0.2) is 0 Å².